The predicted octanol–water partition coefficient (Wildman–Crippen LogP) is 7.30. The molecule has 0 aromatic rings. The lowest BCUT2D eigenvalue weighted by molar-refractivity contribution is -0.145. The van der Waals surface area contributed by atoms with Crippen LogP contribution >= 0.6 is 0 Å². The average molecular weight is 591 g/mol. The van der Waals surface area contributed by atoms with Gasteiger partial charge in [-0.1, -0.05) is 104 Å². The highest BCUT2D eigenvalue weighted by molar-refractivity contribution is 5.69. The Balaban J connectivity index is 3.06. The van der Waals surface area contributed by atoms with Crippen LogP contribution in [-0.2, 0) is 38.0 Å². The Morgan fingerprint density at radius 1 is 0.341 bits per heavy atom. The minimum atomic E-state index is -0.146. The topological polar surface area (TPSA) is 81.7 Å². The van der Waals surface area contributed by atoms with Crippen LogP contribution < -0.4 is 0 Å². The molecule has 8 heteroatoms. The highest BCUT2D eigenvalue weighted by Crippen LogP contribution is 2.12. The van der Waals surface area contributed by atoms with Gasteiger partial charge in [0.25, 0.3) is 0 Å². The second-order valence-corrected chi connectivity index (χ2v) is 10.6. The van der Waals surface area contributed by atoms with E-state index < -0.39 is 0 Å². The Morgan fingerprint density at radius 2 is 0.634 bits per heavy atom. The van der Waals surface area contributed by atoms with Gasteiger partial charge in [0.05, 0.1) is 72.7 Å². The van der Waals surface area contributed by atoms with E-state index in [4.69, 9.17) is 33.2 Å². The minimum Gasteiger partial charge on any atom is -0.463 e. The summed E-state index contributed by atoms with van der Waals surface area (Å²) in [5, 5.41) is 0. The third-order valence-corrected chi connectivity index (χ3v) is 6.73. The summed E-state index contributed by atoms with van der Waals surface area (Å²) < 4.78 is 38.1. The van der Waals surface area contributed by atoms with Crippen molar-refractivity contribution in [3.8, 4) is 0 Å². The van der Waals surface area contributed by atoms with Crippen molar-refractivity contribution in [1.82, 2.24) is 0 Å². The number of esters is 1. The molecular weight excluding hydrogens is 524 g/mol. The predicted molar refractivity (Wildman–Crippen MR) is 166 cm³/mol. The fourth-order valence-corrected chi connectivity index (χ4v) is 4.23. The van der Waals surface area contributed by atoms with E-state index in [2.05, 4.69) is 13.8 Å². The Labute approximate surface area is 252 Å². The number of hydrogen-bond acceptors (Lipinski definition) is 8. The fourth-order valence-electron chi connectivity index (χ4n) is 4.23. The highest BCUT2D eigenvalue weighted by Gasteiger charge is 2.02. The summed E-state index contributed by atoms with van der Waals surface area (Å²) in [4.78, 5) is 11.4. The summed E-state index contributed by atoms with van der Waals surface area (Å²) >= 11 is 0. The maximum Gasteiger partial charge on any atom is 0.305 e. The van der Waals surface area contributed by atoms with E-state index >= 15 is 0 Å². The van der Waals surface area contributed by atoms with Gasteiger partial charge in [-0.15, -0.1) is 0 Å². The van der Waals surface area contributed by atoms with Crippen LogP contribution in [0.1, 0.15) is 123 Å². The molecule has 0 spiro atoms. The van der Waals surface area contributed by atoms with Crippen LogP contribution in [0, 0.1) is 0 Å². The first-order valence-corrected chi connectivity index (χ1v) is 16.9. The minimum absolute atomic E-state index is 0.146. The van der Waals surface area contributed by atoms with Gasteiger partial charge in [0, 0.05) is 13.0 Å². The molecule has 0 aliphatic carbocycles. The second kappa shape index (κ2) is 37.3. The smallest absolute Gasteiger partial charge is 0.305 e. The van der Waals surface area contributed by atoms with E-state index in [1.807, 2.05) is 0 Å². The number of unbranched alkanes of at least 4 members (excludes halogenated alkanes) is 14. The third-order valence-electron chi connectivity index (χ3n) is 6.73. The van der Waals surface area contributed by atoms with Crippen LogP contribution in [0.3, 0.4) is 0 Å². The Hall–Kier alpha value is -0.770. The number of rotatable bonds is 36. The molecule has 0 radical (unpaired) electrons. The normalized spacial score (nSPS) is 11.4. The van der Waals surface area contributed by atoms with Gasteiger partial charge in [0.1, 0.15) is 6.61 Å². The molecule has 0 N–H and O–H groups in total. The zero-order chi connectivity index (χ0) is 29.7. The first-order valence-electron chi connectivity index (χ1n) is 16.9. The van der Waals surface area contributed by atoms with E-state index in [0.29, 0.717) is 85.7 Å². The van der Waals surface area contributed by atoms with Gasteiger partial charge in [0.15, 0.2) is 0 Å². The molecule has 0 atom stereocenters. The van der Waals surface area contributed by atoms with Gasteiger partial charge >= 0.3 is 5.97 Å². The second-order valence-electron chi connectivity index (χ2n) is 10.6. The monoisotopic (exact) mass is 590 g/mol. The number of hydrogen-bond donors (Lipinski definition) is 0. The van der Waals surface area contributed by atoms with E-state index in [1.165, 1.54) is 77.0 Å². The lowest BCUT2D eigenvalue weighted by atomic mass is 10.0. The van der Waals surface area contributed by atoms with Crippen molar-refractivity contribution in [2.24, 2.45) is 0 Å². The van der Waals surface area contributed by atoms with Crippen molar-refractivity contribution >= 4 is 5.97 Å². The zero-order valence-corrected chi connectivity index (χ0v) is 27.0. The van der Waals surface area contributed by atoms with Gasteiger partial charge in [-0.25, -0.2) is 0 Å². The fraction of sp³-hybridized carbons (Fsp3) is 0.970. The maximum atomic E-state index is 11.4. The number of ether oxygens (including phenoxy) is 7. The molecule has 0 fully saturated rings. The number of carbonyl (C=O) groups excluding carboxylic acids is 1. The molecule has 0 saturated carbocycles. The highest BCUT2D eigenvalue weighted by atomic mass is 16.6. The van der Waals surface area contributed by atoms with Crippen molar-refractivity contribution < 1.29 is 38.0 Å². The molecule has 0 aliphatic rings. The summed E-state index contributed by atoms with van der Waals surface area (Å²) in [5.41, 5.74) is 0. The zero-order valence-electron chi connectivity index (χ0n) is 27.0. The molecule has 246 valence electrons. The lowest BCUT2D eigenvalue weighted by Gasteiger charge is -2.08. The number of carbonyl (C=O) groups is 1. The Bertz CT molecular complexity index is 492. The van der Waals surface area contributed by atoms with Crippen molar-refractivity contribution in [3.05, 3.63) is 0 Å². The molecule has 0 rings (SSSR count). The molecule has 41 heavy (non-hydrogen) atoms. The first-order chi connectivity index (χ1) is 20.3. The van der Waals surface area contributed by atoms with Gasteiger partial charge in [-0.3, -0.25) is 4.79 Å². The SMILES string of the molecule is CCCCCCCCCCCCCCCOCCOCCOCCOCCOCCOCCOC(=O)CCCCC. The van der Waals surface area contributed by atoms with E-state index in [1.54, 1.807) is 0 Å². The quantitative estimate of drug-likeness (QED) is 0.0555. The summed E-state index contributed by atoms with van der Waals surface area (Å²) in [6.45, 7) is 11.4. The molecule has 0 heterocycles. The van der Waals surface area contributed by atoms with Crippen molar-refractivity contribution in [2.45, 2.75) is 123 Å². The summed E-state index contributed by atoms with van der Waals surface area (Å²) in [6, 6.07) is 0. The van der Waals surface area contributed by atoms with Crippen molar-refractivity contribution in [1.29, 1.82) is 0 Å². The molecule has 0 amide bonds. The van der Waals surface area contributed by atoms with Crippen LogP contribution in [0.2, 0.25) is 0 Å². The van der Waals surface area contributed by atoms with Gasteiger partial charge < -0.3 is 33.2 Å². The first kappa shape index (κ1) is 40.2. The summed E-state index contributed by atoms with van der Waals surface area (Å²) in [7, 11) is 0. The third kappa shape index (κ3) is 37.2. The standard InChI is InChI=1S/C33H66O8/c1-3-5-7-8-9-10-11-12-13-14-15-16-18-20-35-21-22-36-23-24-37-25-26-38-27-28-39-29-30-40-31-32-41-33(34)19-17-6-4-2/h3-32H2,1-2H3. The molecule has 8 nitrogen and oxygen atoms in total. The molecule has 0 unspecified atom stereocenters. The van der Waals surface area contributed by atoms with Crippen LogP contribution in [0.4, 0.5) is 0 Å². The van der Waals surface area contributed by atoms with Gasteiger partial charge in [-0.2, -0.15) is 0 Å². The van der Waals surface area contributed by atoms with Crippen LogP contribution in [0.5, 0.6) is 0 Å². The largest absolute Gasteiger partial charge is 0.463 e. The summed E-state index contributed by atoms with van der Waals surface area (Å²) in [5.74, 6) is -0.146. The molecular formula is C33H66O8. The van der Waals surface area contributed by atoms with Gasteiger partial charge in [0.2, 0.25) is 0 Å². The Kier molecular flexibility index (Phi) is 36.6. The summed E-state index contributed by atoms with van der Waals surface area (Å²) in [6.07, 6.45) is 21.4. The average Bonchev–Trinajstić information content (AvgIpc) is 2.98. The van der Waals surface area contributed by atoms with E-state index in [0.717, 1.165) is 32.3 Å². The molecule has 0 saturated heterocycles. The maximum absolute atomic E-state index is 11.4. The van der Waals surface area contributed by atoms with Crippen molar-refractivity contribution in [2.75, 3.05) is 85.9 Å². The van der Waals surface area contributed by atoms with Gasteiger partial charge in [-0.05, 0) is 12.8 Å². The molecule has 0 aromatic heterocycles. The van der Waals surface area contributed by atoms with Crippen molar-refractivity contribution in [3.63, 3.8) is 0 Å². The Morgan fingerprint density at radius 3 is 1.02 bits per heavy atom. The van der Waals surface area contributed by atoms with E-state index in [-0.39, 0.29) is 5.97 Å². The lowest BCUT2D eigenvalue weighted by Crippen LogP contribution is -2.15. The van der Waals surface area contributed by atoms with Crippen LogP contribution in [0.25, 0.3) is 0 Å². The van der Waals surface area contributed by atoms with E-state index in [9.17, 15) is 4.79 Å². The molecule has 0 aromatic carbocycles. The van der Waals surface area contributed by atoms with Crippen LogP contribution in [0.15, 0.2) is 0 Å². The van der Waals surface area contributed by atoms with Crippen LogP contribution in [-0.4, -0.2) is 91.9 Å². The molecule has 0 bridgehead atoms. The molecule has 0 aliphatic heterocycles.